The van der Waals surface area contributed by atoms with Crippen LogP contribution in [0.25, 0.3) is 0 Å². The standard InChI is InChI=1S/C20H30O7/c1-13(21)22-12-14-15-16(25-19(24-15)8-4-2-5-9-19)17-18(23-14)27-20(26-17)10-6-3-7-11-20/h14-18H,2-12H2,1H3. The summed E-state index contributed by atoms with van der Waals surface area (Å²) in [5.74, 6) is -1.43. The zero-order valence-corrected chi connectivity index (χ0v) is 16.0. The molecule has 7 heteroatoms. The average molecular weight is 382 g/mol. The summed E-state index contributed by atoms with van der Waals surface area (Å²) in [4.78, 5) is 11.3. The van der Waals surface area contributed by atoms with Crippen LogP contribution in [0.3, 0.4) is 0 Å². The third-order valence-corrected chi connectivity index (χ3v) is 6.66. The van der Waals surface area contributed by atoms with E-state index in [4.69, 9.17) is 28.4 Å². The van der Waals surface area contributed by atoms with E-state index >= 15 is 0 Å². The lowest BCUT2D eigenvalue weighted by Gasteiger charge is -2.36. The van der Waals surface area contributed by atoms with Crippen LogP contribution < -0.4 is 0 Å². The van der Waals surface area contributed by atoms with Gasteiger partial charge in [0.1, 0.15) is 31.0 Å². The summed E-state index contributed by atoms with van der Waals surface area (Å²) in [5, 5.41) is 0. The predicted octanol–water partition coefficient (Wildman–Crippen LogP) is 2.79. The molecule has 0 aromatic carbocycles. The largest absolute Gasteiger partial charge is 0.463 e. The smallest absolute Gasteiger partial charge is 0.302 e. The van der Waals surface area contributed by atoms with E-state index in [-0.39, 0.29) is 30.9 Å². The Labute approximate surface area is 159 Å². The number of hydrogen-bond donors (Lipinski definition) is 0. The molecule has 0 aromatic rings. The highest BCUT2D eigenvalue weighted by molar-refractivity contribution is 5.65. The van der Waals surface area contributed by atoms with Gasteiger partial charge >= 0.3 is 5.97 Å². The molecule has 3 aliphatic heterocycles. The highest BCUT2D eigenvalue weighted by Gasteiger charge is 2.64. The van der Waals surface area contributed by atoms with E-state index in [1.807, 2.05) is 0 Å². The Bertz CT molecular complexity index is 567. The van der Waals surface area contributed by atoms with Gasteiger partial charge in [-0.15, -0.1) is 0 Å². The molecule has 0 amide bonds. The molecule has 5 atom stereocenters. The van der Waals surface area contributed by atoms with Gasteiger partial charge in [-0.1, -0.05) is 12.8 Å². The quantitative estimate of drug-likeness (QED) is 0.680. The molecule has 0 N–H and O–H groups in total. The molecule has 0 aromatic heterocycles. The molecule has 3 saturated heterocycles. The molecule has 3 heterocycles. The van der Waals surface area contributed by atoms with Gasteiger partial charge in [0, 0.05) is 32.6 Å². The highest BCUT2D eigenvalue weighted by Crippen LogP contribution is 2.50. The van der Waals surface area contributed by atoms with E-state index < -0.39 is 24.0 Å². The first kappa shape index (κ1) is 18.3. The number of carbonyl (C=O) groups is 1. The molecule has 27 heavy (non-hydrogen) atoms. The van der Waals surface area contributed by atoms with Crippen LogP contribution in [0, 0.1) is 0 Å². The molecule has 2 spiro atoms. The highest BCUT2D eigenvalue weighted by atomic mass is 16.9. The van der Waals surface area contributed by atoms with Crippen LogP contribution in [0.15, 0.2) is 0 Å². The summed E-state index contributed by atoms with van der Waals surface area (Å²) in [7, 11) is 0. The molecule has 5 rings (SSSR count). The summed E-state index contributed by atoms with van der Waals surface area (Å²) in [5.41, 5.74) is 0. The Morgan fingerprint density at radius 3 is 2.00 bits per heavy atom. The maximum atomic E-state index is 11.3. The topological polar surface area (TPSA) is 72.5 Å². The first-order chi connectivity index (χ1) is 13.1. The van der Waals surface area contributed by atoms with Crippen molar-refractivity contribution in [3.63, 3.8) is 0 Å². The van der Waals surface area contributed by atoms with Gasteiger partial charge in [-0.05, 0) is 25.7 Å². The lowest BCUT2D eigenvalue weighted by atomic mass is 9.94. The number of ether oxygens (including phenoxy) is 6. The molecule has 2 saturated carbocycles. The second-order valence-corrected chi connectivity index (χ2v) is 8.65. The van der Waals surface area contributed by atoms with Crippen molar-refractivity contribution in [2.24, 2.45) is 0 Å². The summed E-state index contributed by atoms with van der Waals surface area (Å²) < 4.78 is 37.2. The van der Waals surface area contributed by atoms with Crippen molar-refractivity contribution in [2.75, 3.05) is 6.61 Å². The van der Waals surface area contributed by atoms with Crippen molar-refractivity contribution < 1.29 is 33.2 Å². The van der Waals surface area contributed by atoms with Crippen LogP contribution >= 0.6 is 0 Å². The minimum absolute atomic E-state index is 0.148. The fraction of sp³-hybridized carbons (Fsp3) is 0.950. The minimum Gasteiger partial charge on any atom is -0.463 e. The Morgan fingerprint density at radius 1 is 0.815 bits per heavy atom. The van der Waals surface area contributed by atoms with Crippen molar-refractivity contribution in [2.45, 2.75) is 113 Å². The first-order valence-corrected chi connectivity index (χ1v) is 10.6. The molecule has 0 bridgehead atoms. The van der Waals surface area contributed by atoms with Crippen molar-refractivity contribution in [3.05, 3.63) is 0 Å². The zero-order chi connectivity index (χ0) is 18.5. The van der Waals surface area contributed by atoms with Crippen LogP contribution in [0.4, 0.5) is 0 Å². The van der Waals surface area contributed by atoms with Gasteiger partial charge in [0.15, 0.2) is 17.9 Å². The van der Waals surface area contributed by atoms with E-state index in [2.05, 4.69) is 0 Å². The maximum Gasteiger partial charge on any atom is 0.302 e. The lowest BCUT2D eigenvalue weighted by Crippen LogP contribution is -2.56. The zero-order valence-electron chi connectivity index (χ0n) is 16.0. The van der Waals surface area contributed by atoms with Gasteiger partial charge < -0.3 is 28.4 Å². The number of esters is 1. The Kier molecular flexibility index (Phi) is 4.71. The third-order valence-electron chi connectivity index (χ3n) is 6.66. The fourth-order valence-electron chi connectivity index (χ4n) is 5.37. The molecule has 152 valence electrons. The average Bonchev–Trinajstić information content (AvgIpc) is 3.19. The van der Waals surface area contributed by atoms with Crippen molar-refractivity contribution in [3.8, 4) is 0 Å². The van der Waals surface area contributed by atoms with Crippen molar-refractivity contribution in [1.82, 2.24) is 0 Å². The van der Waals surface area contributed by atoms with Gasteiger partial charge in [0.05, 0.1) is 0 Å². The second-order valence-electron chi connectivity index (χ2n) is 8.65. The molecule has 5 unspecified atom stereocenters. The summed E-state index contributed by atoms with van der Waals surface area (Å²) in [6, 6.07) is 0. The minimum atomic E-state index is -0.555. The van der Waals surface area contributed by atoms with E-state index in [9.17, 15) is 4.79 Å². The Hall–Kier alpha value is -0.730. The van der Waals surface area contributed by atoms with Crippen LogP contribution in [0.2, 0.25) is 0 Å². The van der Waals surface area contributed by atoms with E-state index in [0.29, 0.717) is 0 Å². The van der Waals surface area contributed by atoms with Gasteiger partial charge in [-0.3, -0.25) is 4.79 Å². The maximum absolute atomic E-state index is 11.3. The lowest BCUT2D eigenvalue weighted by molar-refractivity contribution is -0.255. The third kappa shape index (κ3) is 3.31. The second kappa shape index (κ2) is 6.95. The van der Waals surface area contributed by atoms with Crippen molar-refractivity contribution in [1.29, 1.82) is 0 Å². The van der Waals surface area contributed by atoms with Gasteiger partial charge in [0.2, 0.25) is 0 Å². The molecule has 5 aliphatic rings. The Morgan fingerprint density at radius 2 is 1.37 bits per heavy atom. The van der Waals surface area contributed by atoms with Crippen LogP contribution in [-0.2, 0) is 33.2 Å². The predicted molar refractivity (Wildman–Crippen MR) is 92.6 cm³/mol. The van der Waals surface area contributed by atoms with Crippen LogP contribution in [0.1, 0.15) is 71.1 Å². The number of rotatable bonds is 2. The van der Waals surface area contributed by atoms with Gasteiger partial charge in [-0.2, -0.15) is 0 Å². The molecule has 7 nitrogen and oxygen atoms in total. The van der Waals surface area contributed by atoms with Crippen LogP contribution in [-0.4, -0.2) is 54.9 Å². The number of fused-ring (bicyclic) bond motifs is 3. The number of hydrogen-bond acceptors (Lipinski definition) is 7. The van der Waals surface area contributed by atoms with E-state index in [1.165, 1.54) is 19.8 Å². The summed E-state index contributed by atoms with van der Waals surface area (Å²) in [6.45, 7) is 1.56. The monoisotopic (exact) mass is 382 g/mol. The Balaban J connectivity index is 1.38. The SMILES string of the molecule is CC(=O)OCC1OC2OC3(CCCCC3)OC2C2OC3(CCCCC3)OC12. The number of carbonyl (C=O) groups excluding carboxylic acids is 1. The van der Waals surface area contributed by atoms with Crippen molar-refractivity contribution >= 4 is 5.97 Å². The molecule has 2 aliphatic carbocycles. The molecular weight excluding hydrogens is 352 g/mol. The summed E-state index contributed by atoms with van der Waals surface area (Å²) >= 11 is 0. The molecule has 0 radical (unpaired) electrons. The molecule has 5 fully saturated rings. The fourth-order valence-corrected chi connectivity index (χ4v) is 5.37. The van der Waals surface area contributed by atoms with E-state index in [0.717, 1.165) is 51.4 Å². The molecular formula is C20H30O7. The van der Waals surface area contributed by atoms with E-state index in [1.54, 1.807) is 0 Å². The van der Waals surface area contributed by atoms with Gasteiger partial charge in [-0.25, -0.2) is 0 Å². The normalized spacial score (nSPS) is 42.0. The van der Waals surface area contributed by atoms with Crippen LogP contribution in [0.5, 0.6) is 0 Å². The first-order valence-electron chi connectivity index (χ1n) is 10.6. The summed E-state index contributed by atoms with van der Waals surface area (Å²) in [6.07, 6.45) is 8.68. The van der Waals surface area contributed by atoms with Gasteiger partial charge in [0.25, 0.3) is 0 Å².